The lowest BCUT2D eigenvalue weighted by Crippen LogP contribution is -2.37. The third kappa shape index (κ3) is 4.81. The van der Waals surface area contributed by atoms with Crippen molar-refractivity contribution in [3.8, 4) is 0 Å². The molecule has 6 nitrogen and oxygen atoms in total. The van der Waals surface area contributed by atoms with Crippen molar-refractivity contribution >= 4 is 10.0 Å². The van der Waals surface area contributed by atoms with Crippen molar-refractivity contribution in [3.05, 3.63) is 18.0 Å². The van der Waals surface area contributed by atoms with Gasteiger partial charge in [0.2, 0.25) is 10.0 Å². The van der Waals surface area contributed by atoms with Crippen LogP contribution in [-0.2, 0) is 23.6 Å². The van der Waals surface area contributed by atoms with Crippen molar-refractivity contribution < 1.29 is 8.42 Å². The number of nitrogens with one attached hydrogen (secondary N) is 1. The Morgan fingerprint density at radius 1 is 1.24 bits per heavy atom. The molecule has 0 spiro atoms. The fourth-order valence-electron chi connectivity index (χ4n) is 2.14. The average molecular weight is 316 g/mol. The van der Waals surface area contributed by atoms with Crippen LogP contribution in [0.25, 0.3) is 0 Å². The predicted molar refractivity (Wildman–Crippen MR) is 85.8 cm³/mol. The lowest BCUT2D eigenvalue weighted by molar-refractivity contribution is 0.333. The van der Waals surface area contributed by atoms with Crippen LogP contribution in [-0.4, -0.2) is 63.0 Å². The van der Waals surface area contributed by atoms with Crippen molar-refractivity contribution in [1.82, 2.24) is 19.1 Å². The molecule has 1 aromatic rings. The first kappa shape index (κ1) is 18.2. The van der Waals surface area contributed by atoms with E-state index in [2.05, 4.69) is 5.32 Å². The normalized spacial score (nSPS) is 12.5. The molecule has 0 amide bonds. The standard InChI is InChI=1S/C14H28N4O2S/c1-6-7-18(9-8-16(3)4)21(19,20)14-10-13(11-15-2)17(5)12-14/h10,12,15H,6-9,11H2,1-5H3. The maximum absolute atomic E-state index is 12.8. The van der Waals surface area contributed by atoms with Crippen LogP contribution in [0.1, 0.15) is 19.0 Å². The van der Waals surface area contributed by atoms with E-state index in [1.54, 1.807) is 16.6 Å². The van der Waals surface area contributed by atoms with E-state index in [1.807, 2.05) is 44.6 Å². The van der Waals surface area contributed by atoms with Crippen LogP contribution in [0.5, 0.6) is 0 Å². The van der Waals surface area contributed by atoms with Gasteiger partial charge in [-0.1, -0.05) is 6.92 Å². The molecule has 0 unspecified atom stereocenters. The molecule has 1 rings (SSSR count). The van der Waals surface area contributed by atoms with E-state index in [0.717, 1.165) is 18.7 Å². The summed E-state index contributed by atoms with van der Waals surface area (Å²) in [6.45, 7) is 4.42. The smallest absolute Gasteiger partial charge is 0.244 e. The summed E-state index contributed by atoms with van der Waals surface area (Å²) in [6, 6.07) is 1.75. The summed E-state index contributed by atoms with van der Waals surface area (Å²) in [5, 5.41) is 3.05. The minimum absolute atomic E-state index is 0.377. The van der Waals surface area contributed by atoms with Crippen molar-refractivity contribution in [2.45, 2.75) is 24.8 Å². The van der Waals surface area contributed by atoms with Gasteiger partial charge in [0.25, 0.3) is 0 Å². The molecule has 0 atom stereocenters. The Kier molecular flexibility index (Phi) is 6.86. The van der Waals surface area contributed by atoms with Crippen molar-refractivity contribution in [2.75, 3.05) is 40.8 Å². The summed E-state index contributed by atoms with van der Waals surface area (Å²) in [6.07, 6.45) is 2.50. The molecular formula is C14H28N4O2S. The summed E-state index contributed by atoms with van der Waals surface area (Å²) in [5.41, 5.74) is 0.958. The molecule has 1 aromatic heterocycles. The molecule has 7 heteroatoms. The van der Waals surface area contributed by atoms with Crippen LogP contribution in [0.4, 0.5) is 0 Å². The first-order valence-corrected chi connectivity index (χ1v) is 8.71. The summed E-state index contributed by atoms with van der Waals surface area (Å²) in [5.74, 6) is 0. The van der Waals surface area contributed by atoms with E-state index in [9.17, 15) is 8.42 Å². The zero-order chi connectivity index (χ0) is 16.0. The van der Waals surface area contributed by atoms with Gasteiger partial charge in [-0.15, -0.1) is 0 Å². The summed E-state index contributed by atoms with van der Waals surface area (Å²) < 4.78 is 29.0. The zero-order valence-electron chi connectivity index (χ0n) is 13.8. The van der Waals surface area contributed by atoms with Crippen LogP contribution in [0.3, 0.4) is 0 Å². The van der Waals surface area contributed by atoms with E-state index in [0.29, 0.717) is 24.5 Å². The number of aromatic nitrogens is 1. The Balaban J connectivity index is 3.01. The lowest BCUT2D eigenvalue weighted by atomic mass is 10.4. The fraction of sp³-hybridized carbons (Fsp3) is 0.714. The fourth-order valence-corrected chi connectivity index (χ4v) is 3.76. The van der Waals surface area contributed by atoms with Crippen LogP contribution in [0.15, 0.2) is 17.2 Å². The number of aryl methyl sites for hydroxylation is 1. The molecule has 1 heterocycles. The van der Waals surface area contributed by atoms with E-state index < -0.39 is 10.0 Å². The number of hydrogen-bond donors (Lipinski definition) is 1. The van der Waals surface area contributed by atoms with Crippen molar-refractivity contribution in [1.29, 1.82) is 0 Å². The van der Waals surface area contributed by atoms with Crippen LogP contribution < -0.4 is 5.32 Å². The molecule has 0 aromatic carbocycles. The molecule has 0 aliphatic heterocycles. The lowest BCUT2D eigenvalue weighted by Gasteiger charge is -2.22. The number of sulfonamides is 1. The van der Waals surface area contributed by atoms with Gasteiger partial charge in [-0.2, -0.15) is 4.31 Å². The van der Waals surface area contributed by atoms with Gasteiger partial charge in [-0.3, -0.25) is 0 Å². The molecule has 0 aliphatic carbocycles. The Morgan fingerprint density at radius 3 is 2.43 bits per heavy atom. The minimum atomic E-state index is -3.42. The summed E-state index contributed by atoms with van der Waals surface area (Å²) in [7, 11) is 4.20. The zero-order valence-corrected chi connectivity index (χ0v) is 14.6. The molecule has 0 aliphatic rings. The monoisotopic (exact) mass is 316 g/mol. The van der Waals surface area contributed by atoms with Crippen LogP contribution in [0, 0.1) is 0 Å². The third-order valence-corrected chi connectivity index (χ3v) is 5.21. The number of hydrogen-bond acceptors (Lipinski definition) is 4. The Bertz CT molecular complexity index is 537. The van der Waals surface area contributed by atoms with Crippen molar-refractivity contribution in [2.24, 2.45) is 7.05 Å². The molecule has 1 N–H and O–H groups in total. The van der Waals surface area contributed by atoms with Gasteiger partial charge >= 0.3 is 0 Å². The van der Waals surface area contributed by atoms with E-state index in [1.165, 1.54) is 0 Å². The maximum atomic E-state index is 12.8. The SMILES string of the molecule is CCCN(CCN(C)C)S(=O)(=O)c1cc(CNC)n(C)c1. The average Bonchev–Trinajstić information content (AvgIpc) is 2.77. The predicted octanol–water partition coefficient (Wildman–Crippen LogP) is 0.707. The molecule has 21 heavy (non-hydrogen) atoms. The van der Waals surface area contributed by atoms with Gasteiger partial charge in [0.1, 0.15) is 4.90 Å². The number of likely N-dealkylation sites (N-methyl/N-ethyl adjacent to an activating group) is 1. The molecule has 0 radical (unpaired) electrons. The van der Waals surface area contributed by atoms with Gasteiger partial charge in [0.15, 0.2) is 0 Å². The Morgan fingerprint density at radius 2 is 1.90 bits per heavy atom. The van der Waals surface area contributed by atoms with Crippen molar-refractivity contribution in [3.63, 3.8) is 0 Å². The van der Waals surface area contributed by atoms with Gasteiger partial charge < -0.3 is 14.8 Å². The second-order valence-electron chi connectivity index (χ2n) is 5.52. The Hall–Kier alpha value is -0.890. The quantitative estimate of drug-likeness (QED) is 0.729. The molecule has 0 saturated heterocycles. The first-order chi connectivity index (χ1) is 9.82. The number of nitrogens with zero attached hydrogens (tertiary/aromatic N) is 3. The topological polar surface area (TPSA) is 57.6 Å². The van der Waals surface area contributed by atoms with Crippen LogP contribution in [0.2, 0.25) is 0 Å². The highest BCUT2D eigenvalue weighted by Crippen LogP contribution is 2.19. The van der Waals surface area contributed by atoms with Gasteiger partial charge in [0, 0.05) is 45.1 Å². The highest BCUT2D eigenvalue weighted by Gasteiger charge is 2.25. The van der Waals surface area contributed by atoms with Crippen LogP contribution >= 0.6 is 0 Å². The highest BCUT2D eigenvalue weighted by molar-refractivity contribution is 7.89. The van der Waals surface area contributed by atoms with E-state index in [4.69, 9.17) is 0 Å². The van der Waals surface area contributed by atoms with E-state index >= 15 is 0 Å². The molecule has 0 fully saturated rings. The van der Waals surface area contributed by atoms with Gasteiger partial charge in [-0.05, 0) is 33.6 Å². The highest BCUT2D eigenvalue weighted by atomic mass is 32.2. The number of rotatable bonds is 9. The van der Waals surface area contributed by atoms with Gasteiger partial charge in [-0.25, -0.2) is 8.42 Å². The second kappa shape index (κ2) is 7.93. The summed E-state index contributed by atoms with van der Waals surface area (Å²) in [4.78, 5) is 2.37. The largest absolute Gasteiger partial charge is 0.352 e. The molecule has 122 valence electrons. The van der Waals surface area contributed by atoms with E-state index in [-0.39, 0.29) is 0 Å². The third-order valence-electron chi connectivity index (χ3n) is 3.35. The minimum Gasteiger partial charge on any atom is -0.352 e. The molecular weight excluding hydrogens is 288 g/mol. The maximum Gasteiger partial charge on any atom is 0.244 e. The summed E-state index contributed by atoms with van der Waals surface area (Å²) >= 11 is 0. The second-order valence-corrected chi connectivity index (χ2v) is 7.45. The molecule has 0 bridgehead atoms. The first-order valence-electron chi connectivity index (χ1n) is 7.27. The Labute approximate surface area is 128 Å². The molecule has 0 saturated carbocycles. The van der Waals surface area contributed by atoms with Gasteiger partial charge in [0.05, 0.1) is 0 Å².